The molecule has 25 heavy (non-hydrogen) atoms. The van der Waals surface area contributed by atoms with E-state index < -0.39 is 0 Å². The fourth-order valence-electron chi connectivity index (χ4n) is 2.22. The first-order valence-corrected chi connectivity index (χ1v) is 9.06. The molecule has 1 amide bonds. The quantitative estimate of drug-likeness (QED) is 0.671. The van der Waals surface area contributed by atoms with E-state index in [1.807, 2.05) is 49.4 Å². The van der Waals surface area contributed by atoms with Crippen molar-refractivity contribution in [3.63, 3.8) is 0 Å². The molecule has 0 aliphatic carbocycles. The summed E-state index contributed by atoms with van der Waals surface area (Å²) in [6.07, 6.45) is 3.87. The van der Waals surface area contributed by atoms with Crippen LogP contribution in [0, 0.1) is 0 Å². The normalized spacial score (nSPS) is 18.0. The Hall–Kier alpha value is -2.01. The summed E-state index contributed by atoms with van der Waals surface area (Å²) in [5.74, 6) is -0.172. The zero-order valence-corrected chi connectivity index (χ0v) is 15.6. The molecule has 0 radical (unpaired) electrons. The van der Waals surface area contributed by atoms with Crippen LogP contribution in [0.25, 0.3) is 6.08 Å². The maximum absolute atomic E-state index is 12.1. The smallest absolute Gasteiger partial charge is 0.264 e. The molecule has 1 fully saturated rings. The molecule has 0 spiro atoms. The molecule has 1 heterocycles. The summed E-state index contributed by atoms with van der Waals surface area (Å²) >= 11 is 13.3. The minimum atomic E-state index is -0.172. The van der Waals surface area contributed by atoms with Gasteiger partial charge in [-0.3, -0.25) is 4.79 Å². The van der Waals surface area contributed by atoms with E-state index in [2.05, 4.69) is 10.3 Å². The SMILES string of the molecule is CC(=Cc1ccccc1)C=C1SC(=Nc2ccc(Cl)cc2Cl)NC1=O. The highest BCUT2D eigenvalue weighted by molar-refractivity contribution is 8.18. The Kier molecular flexibility index (Phi) is 5.63. The van der Waals surface area contributed by atoms with E-state index in [1.165, 1.54) is 11.8 Å². The highest BCUT2D eigenvalue weighted by Gasteiger charge is 2.24. The zero-order valence-electron chi connectivity index (χ0n) is 13.3. The number of carbonyl (C=O) groups excluding carboxylic acids is 1. The standard InChI is InChI=1S/C19H14Cl2N2OS/c1-12(9-13-5-3-2-4-6-13)10-17-18(24)23-19(25-17)22-16-8-7-14(20)11-15(16)21/h2-11H,1H3,(H,22,23,24). The fraction of sp³-hybridized carbons (Fsp3) is 0.0526. The molecule has 1 aliphatic heterocycles. The highest BCUT2D eigenvalue weighted by atomic mass is 35.5. The van der Waals surface area contributed by atoms with Crippen LogP contribution >= 0.6 is 35.0 Å². The Morgan fingerprint density at radius 1 is 1.16 bits per heavy atom. The molecule has 1 saturated heterocycles. The molecule has 0 unspecified atom stereocenters. The Balaban J connectivity index is 1.80. The number of nitrogens with zero attached hydrogens (tertiary/aromatic N) is 1. The molecule has 0 bridgehead atoms. The van der Waals surface area contributed by atoms with Gasteiger partial charge in [0, 0.05) is 5.02 Å². The number of hydrogen-bond donors (Lipinski definition) is 1. The van der Waals surface area contributed by atoms with Gasteiger partial charge in [0.2, 0.25) is 0 Å². The average molecular weight is 389 g/mol. The third-order valence-electron chi connectivity index (χ3n) is 3.34. The number of hydrogen-bond acceptors (Lipinski definition) is 3. The van der Waals surface area contributed by atoms with Crippen molar-refractivity contribution < 1.29 is 4.79 Å². The first-order chi connectivity index (χ1) is 12.0. The third-order valence-corrected chi connectivity index (χ3v) is 4.78. The number of rotatable bonds is 3. The van der Waals surface area contributed by atoms with Gasteiger partial charge in [-0.2, -0.15) is 0 Å². The van der Waals surface area contributed by atoms with Crippen LogP contribution in [-0.2, 0) is 4.79 Å². The van der Waals surface area contributed by atoms with E-state index in [0.29, 0.717) is 25.8 Å². The molecule has 3 rings (SSSR count). The van der Waals surface area contributed by atoms with Crippen LogP contribution in [-0.4, -0.2) is 11.1 Å². The van der Waals surface area contributed by atoms with Gasteiger partial charge in [-0.05, 0) is 54.1 Å². The second-order valence-electron chi connectivity index (χ2n) is 5.38. The maximum Gasteiger partial charge on any atom is 0.264 e. The molecule has 3 nitrogen and oxygen atoms in total. The van der Waals surface area contributed by atoms with E-state index in [0.717, 1.165) is 11.1 Å². The topological polar surface area (TPSA) is 41.5 Å². The number of halogens is 2. The lowest BCUT2D eigenvalue weighted by Crippen LogP contribution is -2.19. The van der Waals surface area contributed by atoms with E-state index in [9.17, 15) is 4.79 Å². The van der Waals surface area contributed by atoms with Crippen molar-refractivity contribution in [3.8, 4) is 0 Å². The first kappa shape index (κ1) is 17.8. The molecular weight excluding hydrogens is 375 g/mol. The molecule has 0 atom stereocenters. The van der Waals surface area contributed by atoms with Crippen molar-refractivity contribution in [1.82, 2.24) is 5.32 Å². The number of carbonyl (C=O) groups is 1. The van der Waals surface area contributed by atoms with E-state index in [1.54, 1.807) is 18.2 Å². The first-order valence-electron chi connectivity index (χ1n) is 7.49. The fourth-order valence-corrected chi connectivity index (χ4v) is 3.56. The molecule has 2 aromatic rings. The van der Waals surface area contributed by atoms with Gasteiger partial charge in [0.15, 0.2) is 5.17 Å². The number of amidine groups is 1. The van der Waals surface area contributed by atoms with Crippen molar-refractivity contribution in [3.05, 3.63) is 80.7 Å². The van der Waals surface area contributed by atoms with Crippen molar-refractivity contribution in [1.29, 1.82) is 0 Å². The molecule has 0 saturated carbocycles. The van der Waals surface area contributed by atoms with Crippen LogP contribution in [0.5, 0.6) is 0 Å². The molecule has 126 valence electrons. The summed E-state index contributed by atoms with van der Waals surface area (Å²) < 4.78 is 0. The molecule has 6 heteroatoms. The molecular formula is C19H14Cl2N2OS. The van der Waals surface area contributed by atoms with Gasteiger partial charge in [-0.1, -0.05) is 59.6 Å². The number of nitrogens with one attached hydrogen (secondary N) is 1. The van der Waals surface area contributed by atoms with Crippen molar-refractivity contribution >= 4 is 57.8 Å². The molecule has 1 N–H and O–H groups in total. The van der Waals surface area contributed by atoms with Crippen LogP contribution in [0.4, 0.5) is 5.69 Å². The van der Waals surface area contributed by atoms with Crippen molar-refractivity contribution in [2.75, 3.05) is 0 Å². The summed E-state index contributed by atoms with van der Waals surface area (Å²) in [5.41, 5.74) is 2.63. The number of thioether (sulfide) groups is 1. The van der Waals surface area contributed by atoms with Gasteiger partial charge in [-0.25, -0.2) is 4.99 Å². The van der Waals surface area contributed by atoms with Crippen LogP contribution in [0.15, 0.2) is 70.1 Å². The largest absolute Gasteiger partial charge is 0.300 e. The zero-order chi connectivity index (χ0) is 17.8. The van der Waals surface area contributed by atoms with Crippen LogP contribution in [0.3, 0.4) is 0 Å². The number of allylic oxidation sites excluding steroid dienone is 2. The van der Waals surface area contributed by atoms with E-state index >= 15 is 0 Å². The molecule has 1 aliphatic rings. The third kappa shape index (κ3) is 4.75. The summed E-state index contributed by atoms with van der Waals surface area (Å²) in [5, 5.41) is 4.22. The Labute approximate surface area is 160 Å². The minimum Gasteiger partial charge on any atom is -0.300 e. The van der Waals surface area contributed by atoms with E-state index in [4.69, 9.17) is 23.2 Å². The number of amides is 1. The van der Waals surface area contributed by atoms with Gasteiger partial charge < -0.3 is 5.32 Å². The second-order valence-corrected chi connectivity index (χ2v) is 7.25. The summed E-state index contributed by atoms with van der Waals surface area (Å²) in [6.45, 7) is 1.96. The summed E-state index contributed by atoms with van der Waals surface area (Å²) in [6, 6.07) is 15.0. The maximum atomic E-state index is 12.1. The van der Waals surface area contributed by atoms with Gasteiger partial charge in [0.1, 0.15) is 0 Å². The second kappa shape index (κ2) is 7.91. The molecule has 0 aromatic heterocycles. The Bertz CT molecular complexity index is 905. The number of aliphatic imine (C=N–C) groups is 1. The van der Waals surface area contributed by atoms with Crippen LogP contribution < -0.4 is 5.32 Å². The lowest BCUT2D eigenvalue weighted by molar-refractivity contribution is -0.115. The van der Waals surface area contributed by atoms with E-state index in [-0.39, 0.29) is 5.91 Å². The molecule has 2 aromatic carbocycles. The Morgan fingerprint density at radius 3 is 2.64 bits per heavy atom. The van der Waals surface area contributed by atoms with Crippen molar-refractivity contribution in [2.24, 2.45) is 4.99 Å². The summed E-state index contributed by atoms with van der Waals surface area (Å²) in [4.78, 5) is 17.1. The van der Waals surface area contributed by atoms with Crippen molar-refractivity contribution in [2.45, 2.75) is 6.92 Å². The Morgan fingerprint density at radius 2 is 1.92 bits per heavy atom. The van der Waals surface area contributed by atoms with Crippen LogP contribution in [0.2, 0.25) is 10.0 Å². The average Bonchev–Trinajstić information content (AvgIpc) is 2.90. The van der Waals surface area contributed by atoms with Crippen LogP contribution in [0.1, 0.15) is 12.5 Å². The van der Waals surface area contributed by atoms with Gasteiger partial charge in [0.25, 0.3) is 5.91 Å². The summed E-state index contributed by atoms with van der Waals surface area (Å²) in [7, 11) is 0. The predicted octanol–water partition coefficient (Wildman–Crippen LogP) is 5.83. The predicted molar refractivity (Wildman–Crippen MR) is 107 cm³/mol. The van der Waals surface area contributed by atoms with Gasteiger partial charge in [0.05, 0.1) is 15.6 Å². The minimum absolute atomic E-state index is 0.172. The lowest BCUT2D eigenvalue weighted by atomic mass is 10.1. The highest BCUT2D eigenvalue weighted by Crippen LogP contribution is 2.32. The van der Waals surface area contributed by atoms with Gasteiger partial charge >= 0.3 is 0 Å². The monoisotopic (exact) mass is 388 g/mol. The lowest BCUT2D eigenvalue weighted by Gasteiger charge is -2.00. The number of benzene rings is 2. The van der Waals surface area contributed by atoms with Gasteiger partial charge in [-0.15, -0.1) is 0 Å².